The Morgan fingerprint density at radius 1 is 0.960 bits per heavy atom. The van der Waals surface area contributed by atoms with E-state index >= 15 is 0 Å². The van der Waals surface area contributed by atoms with E-state index in [1.165, 1.54) is 18.2 Å². The molecular weight excluding hydrogens is 325 g/mol. The van der Waals surface area contributed by atoms with E-state index in [2.05, 4.69) is 4.98 Å². The molecule has 0 saturated carbocycles. The Morgan fingerprint density at radius 2 is 1.44 bits per heavy atom. The maximum Gasteiger partial charge on any atom is 0.340 e. The lowest BCUT2D eigenvalue weighted by molar-refractivity contribution is 0.0525. The van der Waals surface area contributed by atoms with Crippen molar-refractivity contribution in [1.29, 1.82) is 0 Å². The van der Waals surface area contributed by atoms with E-state index in [1.54, 1.807) is 33.8 Å². The molecule has 0 aliphatic heterocycles. The summed E-state index contributed by atoms with van der Waals surface area (Å²) in [5.41, 5.74) is 1.15. The summed E-state index contributed by atoms with van der Waals surface area (Å²) in [6, 6.07) is 5.94. The maximum absolute atomic E-state index is 14.5. The normalized spacial score (nSPS) is 10.4. The van der Waals surface area contributed by atoms with Crippen LogP contribution in [0.3, 0.4) is 0 Å². The van der Waals surface area contributed by atoms with Crippen LogP contribution in [0.25, 0.3) is 11.1 Å². The average Bonchev–Trinajstić information content (AvgIpc) is 2.54. The van der Waals surface area contributed by atoms with Gasteiger partial charge in [0.2, 0.25) is 0 Å². The largest absolute Gasteiger partial charge is 0.462 e. The first-order valence-corrected chi connectivity index (χ1v) is 8.02. The van der Waals surface area contributed by atoms with Gasteiger partial charge in [0.05, 0.1) is 35.7 Å². The quantitative estimate of drug-likeness (QED) is 0.770. The predicted molar refractivity (Wildman–Crippen MR) is 91.0 cm³/mol. The fraction of sp³-hybridized carbons (Fsp3) is 0.316. The van der Waals surface area contributed by atoms with Crippen LogP contribution in [0.5, 0.6) is 0 Å². The molecule has 5 nitrogen and oxygen atoms in total. The smallest absolute Gasteiger partial charge is 0.340 e. The highest BCUT2D eigenvalue weighted by Gasteiger charge is 2.28. The zero-order chi connectivity index (χ0) is 18.6. The van der Waals surface area contributed by atoms with Crippen LogP contribution in [0.1, 0.15) is 46.0 Å². The zero-order valence-corrected chi connectivity index (χ0v) is 14.7. The number of carbonyl (C=O) groups excluding carboxylic acids is 2. The van der Waals surface area contributed by atoms with E-state index in [-0.39, 0.29) is 35.5 Å². The summed E-state index contributed by atoms with van der Waals surface area (Å²) in [6.07, 6.45) is 0. The Kier molecular flexibility index (Phi) is 5.85. The van der Waals surface area contributed by atoms with E-state index in [4.69, 9.17) is 9.47 Å². The van der Waals surface area contributed by atoms with Gasteiger partial charge in [-0.15, -0.1) is 0 Å². The number of hydrogen-bond acceptors (Lipinski definition) is 5. The predicted octanol–water partition coefficient (Wildman–Crippen LogP) is 3.86. The summed E-state index contributed by atoms with van der Waals surface area (Å²) in [7, 11) is 0. The third kappa shape index (κ3) is 3.68. The highest BCUT2D eigenvalue weighted by atomic mass is 19.1. The van der Waals surface area contributed by atoms with Gasteiger partial charge in [0.1, 0.15) is 5.82 Å². The van der Waals surface area contributed by atoms with Gasteiger partial charge < -0.3 is 9.47 Å². The molecular formula is C19H20FNO4. The van der Waals surface area contributed by atoms with E-state index in [1.807, 2.05) is 0 Å². The molecule has 0 unspecified atom stereocenters. The number of esters is 2. The fourth-order valence-corrected chi connectivity index (χ4v) is 2.69. The molecule has 0 spiro atoms. The summed E-state index contributed by atoms with van der Waals surface area (Å²) in [4.78, 5) is 29.2. The van der Waals surface area contributed by atoms with Gasteiger partial charge in [-0.3, -0.25) is 4.98 Å². The number of benzene rings is 1. The molecule has 132 valence electrons. The van der Waals surface area contributed by atoms with E-state index in [0.29, 0.717) is 11.4 Å². The first-order valence-electron chi connectivity index (χ1n) is 8.02. The molecule has 0 aliphatic rings. The first-order chi connectivity index (χ1) is 11.9. The Hall–Kier alpha value is -2.76. The number of halogens is 1. The Balaban J connectivity index is 2.89. The van der Waals surface area contributed by atoms with Gasteiger partial charge in [-0.1, -0.05) is 18.2 Å². The van der Waals surface area contributed by atoms with Crippen LogP contribution in [0, 0.1) is 19.7 Å². The Labute approximate surface area is 145 Å². The Morgan fingerprint density at radius 3 is 1.88 bits per heavy atom. The number of carbonyl (C=O) groups is 2. The molecule has 0 atom stereocenters. The summed E-state index contributed by atoms with van der Waals surface area (Å²) < 4.78 is 24.7. The molecule has 2 aromatic rings. The van der Waals surface area contributed by atoms with E-state index in [0.717, 1.165) is 0 Å². The van der Waals surface area contributed by atoms with Crippen molar-refractivity contribution < 1.29 is 23.5 Å². The first kappa shape index (κ1) is 18.6. The minimum atomic E-state index is -0.656. The minimum absolute atomic E-state index is 0.0700. The second kappa shape index (κ2) is 7.88. The van der Waals surface area contributed by atoms with Crippen LogP contribution < -0.4 is 0 Å². The van der Waals surface area contributed by atoms with Gasteiger partial charge in [0, 0.05) is 11.1 Å². The molecule has 0 radical (unpaired) electrons. The van der Waals surface area contributed by atoms with Gasteiger partial charge >= 0.3 is 11.9 Å². The van der Waals surface area contributed by atoms with Crippen LogP contribution in [0.15, 0.2) is 24.3 Å². The SMILES string of the molecule is CCOC(=O)c1c(C)nc(C)c(C(=O)OCC)c1-c1ccccc1F. The molecule has 0 fully saturated rings. The van der Waals surface area contributed by atoms with Gasteiger partial charge in [0.25, 0.3) is 0 Å². The second-order valence-corrected chi connectivity index (χ2v) is 5.33. The molecule has 0 bridgehead atoms. The lowest BCUT2D eigenvalue weighted by Crippen LogP contribution is -2.17. The highest BCUT2D eigenvalue weighted by molar-refractivity contribution is 6.07. The van der Waals surface area contributed by atoms with Gasteiger partial charge in [-0.25, -0.2) is 14.0 Å². The van der Waals surface area contributed by atoms with Crippen molar-refractivity contribution in [3.05, 3.63) is 52.6 Å². The topological polar surface area (TPSA) is 65.5 Å². The molecule has 1 aromatic carbocycles. The average molecular weight is 345 g/mol. The summed E-state index contributed by atoms with van der Waals surface area (Å²) in [5.74, 6) is -1.86. The number of pyridine rings is 1. The molecule has 1 aromatic heterocycles. The van der Waals surface area contributed by atoms with Crippen LogP contribution in [-0.4, -0.2) is 30.1 Å². The molecule has 0 saturated heterocycles. The van der Waals surface area contributed by atoms with Gasteiger partial charge in [-0.05, 0) is 33.8 Å². The Bertz CT molecular complexity index is 775. The zero-order valence-electron chi connectivity index (χ0n) is 14.7. The van der Waals surface area contributed by atoms with Crippen molar-refractivity contribution >= 4 is 11.9 Å². The van der Waals surface area contributed by atoms with E-state index < -0.39 is 17.8 Å². The van der Waals surface area contributed by atoms with Crippen molar-refractivity contribution in [1.82, 2.24) is 4.98 Å². The van der Waals surface area contributed by atoms with Crippen LogP contribution in [0.4, 0.5) is 4.39 Å². The van der Waals surface area contributed by atoms with Gasteiger partial charge in [0.15, 0.2) is 0 Å². The summed E-state index contributed by atoms with van der Waals surface area (Å²) >= 11 is 0. The second-order valence-electron chi connectivity index (χ2n) is 5.33. The fourth-order valence-electron chi connectivity index (χ4n) is 2.69. The number of aryl methyl sites for hydroxylation is 2. The van der Waals surface area contributed by atoms with Crippen molar-refractivity contribution in [3.8, 4) is 11.1 Å². The standard InChI is InChI=1S/C19H20FNO4/c1-5-24-18(22)15-11(3)21-12(4)16(19(23)25-6-2)17(15)13-9-7-8-10-14(13)20/h7-10H,5-6H2,1-4H3. The van der Waals surface area contributed by atoms with Gasteiger partial charge in [-0.2, -0.15) is 0 Å². The lowest BCUT2D eigenvalue weighted by Gasteiger charge is -2.18. The third-order valence-corrected chi connectivity index (χ3v) is 3.66. The van der Waals surface area contributed by atoms with Crippen LogP contribution >= 0.6 is 0 Å². The third-order valence-electron chi connectivity index (χ3n) is 3.66. The van der Waals surface area contributed by atoms with Crippen LogP contribution in [0.2, 0.25) is 0 Å². The number of ether oxygens (including phenoxy) is 2. The van der Waals surface area contributed by atoms with Crippen LogP contribution in [-0.2, 0) is 9.47 Å². The minimum Gasteiger partial charge on any atom is -0.462 e. The molecule has 25 heavy (non-hydrogen) atoms. The molecule has 6 heteroatoms. The highest BCUT2D eigenvalue weighted by Crippen LogP contribution is 2.34. The maximum atomic E-state index is 14.5. The monoisotopic (exact) mass is 345 g/mol. The molecule has 1 heterocycles. The molecule has 0 aliphatic carbocycles. The number of nitrogens with zero attached hydrogens (tertiary/aromatic N) is 1. The lowest BCUT2D eigenvalue weighted by atomic mass is 9.92. The number of rotatable bonds is 5. The number of aromatic nitrogens is 1. The summed E-state index contributed by atoms with van der Waals surface area (Å²) in [6.45, 7) is 6.89. The van der Waals surface area contributed by atoms with Crippen molar-refractivity contribution in [2.75, 3.05) is 13.2 Å². The molecule has 0 amide bonds. The van der Waals surface area contributed by atoms with Crippen molar-refractivity contribution in [2.24, 2.45) is 0 Å². The molecule has 0 N–H and O–H groups in total. The number of hydrogen-bond donors (Lipinski definition) is 0. The van der Waals surface area contributed by atoms with Crippen molar-refractivity contribution in [3.63, 3.8) is 0 Å². The summed E-state index contributed by atoms with van der Waals surface area (Å²) in [5, 5.41) is 0. The van der Waals surface area contributed by atoms with E-state index in [9.17, 15) is 14.0 Å². The molecule has 2 rings (SSSR count). The van der Waals surface area contributed by atoms with Crippen molar-refractivity contribution in [2.45, 2.75) is 27.7 Å².